The summed E-state index contributed by atoms with van der Waals surface area (Å²) in [6, 6.07) is 5.70. The van der Waals surface area contributed by atoms with Crippen LogP contribution in [0, 0.1) is 12.3 Å². The summed E-state index contributed by atoms with van der Waals surface area (Å²) in [5.41, 5.74) is 0.803. The Bertz CT molecular complexity index is 1060. The van der Waals surface area contributed by atoms with E-state index in [1.807, 2.05) is 6.92 Å². The average Bonchev–Trinajstić information content (AvgIpc) is 2.82. The summed E-state index contributed by atoms with van der Waals surface area (Å²) in [5, 5.41) is 5.65. The lowest BCUT2D eigenvalue weighted by Crippen LogP contribution is -2.56. The Morgan fingerprint density at radius 2 is 1.86 bits per heavy atom. The van der Waals surface area contributed by atoms with Gasteiger partial charge >= 0.3 is 0 Å². The second-order valence-corrected chi connectivity index (χ2v) is 12.2. The number of ether oxygens (including phenoxy) is 1. The van der Waals surface area contributed by atoms with Crippen LogP contribution in [0.15, 0.2) is 41.6 Å². The van der Waals surface area contributed by atoms with Gasteiger partial charge < -0.3 is 15.4 Å². The molecule has 0 radical (unpaired) electrons. The zero-order valence-electron chi connectivity index (χ0n) is 20.7. The van der Waals surface area contributed by atoms with Crippen LogP contribution in [0.1, 0.15) is 45.1 Å². The molecule has 9 nitrogen and oxygen atoms in total. The van der Waals surface area contributed by atoms with Gasteiger partial charge in [-0.2, -0.15) is 0 Å². The van der Waals surface area contributed by atoms with Crippen LogP contribution >= 0.6 is 0 Å². The standard InChI is InChI=1S/C25H36N4O5S/c1-18-4-7-20(8-5-18)35(32,33)29-11-10-26-24(31)21(29)16-23(30)27-22-9-6-19(17-25(22,2)3)28-12-14-34-15-13-28/h4-5,7-8,10-11,19,21-22H,6,9,12-17H2,1-3H3,(H,26,31)(H,27,30)/t19-,21-,22+/m1/s1. The molecule has 1 aliphatic carbocycles. The quantitative estimate of drug-likeness (QED) is 0.611. The minimum atomic E-state index is -3.99. The van der Waals surface area contributed by atoms with Gasteiger partial charge in [0.2, 0.25) is 11.8 Å². The number of carbonyl (C=O) groups is 2. The highest BCUT2D eigenvalue weighted by molar-refractivity contribution is 7.89. The van der Waals surface area contributed by atoms with Crippen molar-refractivity contribution in [2.75, 3.05) is 26.3 Å². The number of amides is 2. The number of carbonyl (C=O) groups excluding carboxylic acids is 2. The molecule has 0 unspecified atom stereocenters. The lowest BCUT2D eigenvalue weighted by Gasteiger charge is -2.47. The molecule has 2 amide bonds. The summed E-state index contributed by atoms with van der Waals surface area (Å²) in [7, 11) is -3.99. The molecule has 1 saturated carbocycles. The molecular formula is C25H36N4O5S. The van der Waals surface area contributed by atoms with Crippen molar-refractivity contribution >= 4 is 21.8 Å². The van der Waals surface area contributed by atoms with Crippen LogP contribution in [0.2, 0.25) is 0 Å². The third-order valence-electron chi connectivity index (χ3n) is 7.42. The van der Waals surface area contributed by atoms with Gasteiger partial charge in [-0.3, -0.25) is 18.8 Å². The van der Waals surface area contributed by atoms with Gasteiger partial charge in [-0.05, 0) is 43.7 Å². The highest BCUT2D eigenvalue weighted by Gasteiger charge is 2.41. The van der Waals surface area contributed by atoms with E-state index >= 15 is 0 Å². The van der Waals surface area contributed by atoms with Gasteiger partial charge in [0, 0.05) is 37.6 Å². The van der Waals surface area contributed by atoms with Crippen molar-refractivity contribution in [3.8, 4) is 0 Å². The Kier molecular flexibility index (Phi) is 7.54. The second-order valence-electron chi connectivity index (χ2n) is 10.4. The normalized spacial score (nSPS) is 27.3. The first kappa shape index (κ1) is 25.7. The Balaban J connectivity index is 1.42. The van der Waals surface area contributed by atoms with Crippen molar-refractivity contribution in [1.29, 1.82) is 0 Å². The largest absolute Gasteiger partial charge is 0.379 e. The van der Waals surface area contributed by atoms with E-state index in [-0.39, 0.29) is 28.7 Å². The third-order valence-corrected chi connectivity index (χ3v) is 9.22. The van der Waals surface area contributed by atoms with Gasteiger partial charge in [-0.1, -0.05) is 31.5 Å². The summed E-state index contributed by atoms with van der Waals surface area (Å²) in [6.07, 6.45) is 5.13. The van der Waals surface area contributed by atoms with Crippen molar-refractivity contribution in [1.82, 2.24) is 19.8 Å². The van der Waals surface area contributed by atoms with Crippen molar-refractivity contribution < 1.29 is 22.7 Å². The summed E-state index contributed by atoms with van der Waals surface area (Å²) < 4.78 is 33.0. The maximum atomic E-state index is 13.3. The van der Waals surface area contributed by atoms with Crippen LogP contribution < -0.4 is 10.6 Å². The van der Waals surface area contributed by atoms with Crippen LogP contribution in [-0.2, 0) is 24.3 Å². The minimum absolute atomic E-state index is 0.0448. The number of aryl methyl sites for hydroxylation is 1. The van der Waals surface area contributed by atoms with E-state index in [9.17, 15) is 18.0 Å². The maximum absolute atomic E-state index is 13.3. The number of benzene rings is 1. The van der Waals surface area contributed by atoms with Crippen LogP contribution in [-0.4, -0.2) is 73.9 Å². The molecular weight excluding hydrogens is 468 g/mol. The molecule has 4 rings (SSSR count). The topological polar surface area (TPSA) is 108 Å². The molecule has 1 aromatic carbocycles. The molecule has 2 heterocycles. The Labute approximate surface area is 207 Å². The fraction of sp³-hybridized carbons (Fsp3) is 0.600. The number of rotatable bonds is 6. The Hall–Kier alpha value is -2.43. The van der Waals surface area contributed by atoms with E-state index in [1.54, 1.807) is 12.1 Å². The van der Waals surface area contributed by atoms with E-state index in [1.165, 1.54) is 24.5 Å². The number of nitrogens with zero attached hydrogens (tertiary/aromatic N) is 2. The van der Waals surface area contributed by atoms with Crippen LogP contribution in [0.25, 0.3) is 0 Å². The molecule has 2 N–H and O–H groups in total. The van der Waals surface area contributed by atoms with E-state index in [4.69, 9.17) is 4.74 Å². The monoisotopic (exact) mass is 504 g/mol. The first-order valence-corrected chi connectivity index (χ1v) is 13.7. The smallest absolute Gasteiger partial charge is 0.264 e. The molecule has 0 bridgehead atoms. The van der Waals surface area contributed by atoms with Crippen LogP contribution in [0.3, 0.4) is 0 Å². The van der Waals surface area contributed by atoms with Gasteiger partial charge in [0.25, 0.3) is 10.0 Å². The summed E-state index contributed by atoms with van der Waals surface area (Å²) >= 11 is 0. The Morgan fingerprint density at radius 1 is 1.17 bits per heavy atom. The molecule has 1 saturated heterocycles. The highest BCUT2D eigenvalue weighted by atomic mass is 32.2. The van der Waals surface area contributed by atoms with Crippen molar-refractivity contribution in [2.45, 2.75) is 69.5 Å². The van der Waals surface area contributed by atoms with E-state index in [2.05, 4.69) is 29.4 Å². The van der Waals surface area contributed by atoms with Crippen molar-refractivity contribution in [3.63, 3.8) is 0 Å². The molecule has 35 heavy (non-hydrogen) atoms. The van der Waals surface area contributed by atoms with Gasteiger partial charge in [0.1, 0.15) is 6.04 Å². The van der Waals surface area contributed by atoms with E-state index in [0.29, 0.717) is 6.04 Å². The number of hydrogen-bond donors (Lipinski definition) is 2. The van der Waals surface area contributed by atoms with Crippen molar-refractivity contribution in [2.24, 2.45) is 5.41 Å². The molecule has 10 heteroatoms. The summed E-state index contributed by atoms with van der Waals surface area (Å²) in [6.45, 7) is 9.59. The highest BCUT2D eigenvalue weighted by Crippen LogP contribution is 2.38. The first-order valence-electron chi connectivity index (χ1n) is 12.3. The fourth-order valence-corrected chi connectivity index (χ4v) is 6.77. The molecule has 0 aromatic heterocycles. The van der Waals surface area contributed by atoms with E-state index in [0.717, 1.165) is 55.4 Å². The predicted octanol–water partition coefficient (Wildman–Crippen LogP) is 1.74. The molecule has 2 fully saturated rings. The molecule has 3 aliphatic rings. The van der Waals surface area contributed by atoms with Gasteiger partial charge in [0.05, 0.1) is 24.5 Å². The van der Waals surface area contributed by atoms with Crippen molar-refractivity contribution in [3.05, 3.63) is 42.2 Å². The van der Waals surface area contributed by atoms with Gasteiger partial charge in [0.15, 0.2) is 0 Å². The summed E-state index contributed by atoms with van der Waals surface area (Å²) in [5.74, 6) is -0.846. The zero-order valence-corrected chi connectivity index (χ0v) is 21.5. The SMILES string of the molecule is Cc1ccc(S(=O)(=O)N2C=CNC(=O)[C@H]2CC(=O)N[C@H]2CC[C@@H](N3CCOCC3)CC2(C)C)cc1. The van der Waals surface area contributed by atoms with Gasteiger partial charge in [-0.25, -0.2) is 8.42 Å². The Morgan fingerprint density at radius 3 is 2.51 bits per heavy atom. The summed E-state index contributed by atoms with van der Waals surface area (Å²) in [4.78, 5) is 28.3. The number of hydrogen-bond acceptors (Lipinski definition) is 6. The molecule has 1 aromatic rings. The maximum Gasteiger partial charge on any atom is 0.264 e. The van der Waals surface area contributed by atoms with Crippen LogP contribution in [0.5, 0.6) is 0 Å². The average molecular weight is 505 g/mol. The number of morpholine rings is 1. The second kappa shape index (κ2) is 10.3. The molecule has 2 aliphatic heterocycles. The lowest BCUT2D eigenvalue weighted by molar-refractivity contribution is -0.130. The number of nitrogens with one attached hydrogen (secondary N) is 2. The third kappa shape index (κ3) is 5.70. The minimum Gasteiger partial charge on any atom is -0.379 e. The van der Waals surface area contributed by atoms with E-state index < -0.39 is 22.0 Å². The number of sulfonamides is 1. The molecule has 192 valence electrons. The zero-order chi connectivity index (χ0) is 25.2. The van der Waals surface area contributed by atoms with Gasteiger partial charge in [-0.15, -0.1) is 0 Å². The van der Waals surface area contributed by atoms with Crippen LogP contribution in [0.4, 0.5) is 0 Å². The molecule has 3 atom stereocenters. The molecule has 0 spiro atoms. The lowest BCUT2D eigenvalue weighted by atomic mass is 9.70. The fourth-order valence-electron chi connectivity index (χ4n) is 5.32. The predicted molar refractivity (Wildman–Crippen MR) is 132 cm³/mol. The first-order chi connectivity index (χ1) is 16.6.